The Hall–Kier alpha value is -4.56. The molecule has 12 nitrogen and oxygen atoms in total. The number of aromatic nitrogens is 3. The van der Waals surface area contributed by atoms with Crippen LogP contribution in [-0.4, -0.2) is 78.2 Å². The van der Waals surface area contributed by atoms with E-state index in [1.165, 1.54) is 6.07 Å². The molecular weight excluding hydrogens is 651 g/mol. The maximum absolute atomic E-state index is 15.6. The number of ether oxygens (including phenoxy) is 3. The van der Waals surface area contributed by atoms with Crippen molar-refractivity contribution in [2.24, 2.45) is 0 Å². The number of carbonyl (C=O) groups is 1. The van der Waals surface area contributed by atoms with Gasteiger partial charge in [-0.1, -0.05) is 12.1 Å². The number of carbonyl (C=O) groups excluding carboxylic acids is 1. The highest BCUT2D eigenvalue weighted by atomic mass is 32.2. The van der Waals surface area contributed by atoms with Gasteiger partial charge in [0.05, 0.1) is 23.2 Å². The predicted molar refractivity (Wildman–Crippen MR) is 185 cm³/mol. The van der Waals surface area contributed by atoms with Gasteiger partial charge in [0.1, 0.15) is 23.4 Å². The molecule has 2 aromatic heterocycles. The lowest BCUT2D eigenvalue weighted by atomic mass is 10.0. The Morgan fingerprint density at radius 2 is 1.86 bits per heavy atom. The number of anilines is 2. The second kappa shape index (κ2) is 13.7. The normalized spacial score (nSPS) is 18.4. The number of rotatable bonds is 8. The number of nitrogens with zero attached hydrogens (tertiary/aromatic N) is 5. The third-order valence-corrected chi connectivity index (χ3v) is 9.46. The summed E-state index contributed by atoms with van der Waals surface area (Å²) < 4.78 is 60.4. The van der Waals surface area contributed by atoms with Crippen LogP contribution in [0, 0.1) is 12.7 Å². The standard InChI is InChI=1S/C35H41FN6O6S/c1-22-12-13-24-25(14-15-27(36)30(24)42(49(5,44)45)29-11-8-20-46-29)31(22)47-32-26(10-6-17-37-32)28-16-18-38-33(40-28)39-23-9-7-19-41(21-23)34(43)48-35(2,3)4/h6,10,12-18,23,29H,7-9,11,19-21H2,1-5H3,(H,38,39,40)/t23?,29-/m1/s1. The molecule has 0 aliphatic carbocycles. The van der Waals surface area contributed by atoms with Crippen molar-refractivity contribution in [3.05, 3.63) is 66.2 Å². The van der Waals surface area contributed by atoms with Gasteiger partial charge in [-0.15, -0.1) is 0 Å². The zero-order valence-corrected chi connectivity index (χ0v) is 29.1. The molecule has 14 heteroatoms. The Morgan fingerprint density at radius 1 is 1.06 bits per heavy atom. The van der Waals surface area contributed by atoms with Crippen LogP contribution in [0.3, 0.4) is 0 Å². The first-order chi connectivity index (χ1) is 23.3. The van der Waals surface area contributed by atoms with Crippen molar-refractivity contribution in [3.8, 4) is 22.9 Å². The Bertz CT molecular complexity index is 1960. The largest absolute Gasteiger partial charge is 0.444 e. The number of aryl methyl sites for hydroxylation is 1. The maximum atomic E-state index is 15.6. The van der Waals surface area contributed by atoms with E-state index >= 15 is 4.39 Å². The van der Waals surface area contributed by atoms with Crippen LogP contribution < -0.4 is 14.4 Å². The quantitative estimate of drug-likeness (QED) is 0.214. The van der Waals surface area contributed by atoms with Crippen LogP contribution in [0.4, 0.5) is 20.8 Å². The van der Waals surface area contributed by atoms with Crippen LogP contribution in [0.25, 0.3) is 22.0 Å². The van der Waals surface area contributed by atoms with Crippen LogP contribution in [-0.2, 0) is 19.5 Å². The highest BCUT2D eigenvalue weighted by Gasteiger charge is 2.34. The second-order valence-electron chi connectivity index (χ2n) is 13.4. The first kappa shape index (κ1) is 34.3. The summed E-state index contributed by atoms with van der Waals surface area (Å²) in [4.78, 5) is 28.1. The van der Waals surface area contributed by atoms with E-state index in [4.69, 9.17) is 19.2 Å². The highest BCUT2D eigenvalue weighted by Crippen LogP contribution is 2.42. The minimum Gasteiger partial charge on any atom is -0.444 e. The van der Waals surface area contributed by atoms with Gasteiger partial charge in [-0.3, -0.25) is 0 Å². The molecular formula is C35H41FN6O6S. The molecule has 6 rings (SSSR count). The minimum absolute atomic E-state index is 0.0739. The average Bonchev–Trinajstić information content (AvgIpc) is 3.57. The van der Waals surface area contributed by atoms with E-state index in [1.807, 2.05) is 33.8 Å². The monoisotopic (exact) mass is 692 g/mol. The van der Waals surface area contributed by atoms with Gasteiger partial charge in [-0.25, -0.2) is 36.9 Å². The van der Waals surface area contributed by atoms with Gasteiger partial charge in [0, 0.05) is 48.9 Å². The van der Waals surface area contributed by atoms with E-state index in [2.05, 4.69) is 15.3 Å². The Labute approximate surface area is 285 Å². The summed E-state index contributed by atoms with van der Waals surface area (Å²) >= 11 is 0. The number of hydrogen-bond donors (Lipinski definition) is 1. The lowest BCUT2D eigenvalue weighted by Crippen LogP contribution is -2.47. The molecule has 2 saturated heterocycles. The number of pyridine rings is 1. The van der Waals surface area contributed by atoms with Crippen LogP contribution in [0.15, 0.2) is 54.9 Å². The van der Waals surface area contributed by atoms with Crippen LogP contribution in [0.1, 0.15) is 52.0 Å². The minimum atomic E-state index is -3.90. The number of fused-ring (bicyclic) bond motifs is 1. The van der Waals surface area contributed by atoms with Gasteiger partial charge in [0.15, 0.2) is 0 Å². The third-order valence-electron chi connectivity index (χ3n) is 8.32. The topological polar surface area (TPSA) is 136 Å². The summed E-state index contributed by atoms with van der Waals surface area (Å²) in [6.07, 6.45) is 5.90. The Kier molecular flexibility index (Phi) is 9.63. The molecule has 1 unspecified atom stereocenters. The first-order valence-corrected chi connectivity index (χ1v) is 18.2. The summed E-state index contributed by atoms with van der Waals surface area (Å²) in [6.45, 7) is 8.86. The van der Waals surface area contributed by atoms with E-state index in [-0.39, 0.29) is 23.7 Å². The fraction of sp³-hybridized carbons (Fsp3) is 0.429. The summed E-state index contributed by atoms with van der Waals surface area (Å²) in [6, 6.07) is 11.5. The van der Waals surface area contributed by atoms with E-state index in [0.29, 0.717) is 66.3 Å². The molecule has 4 heterocycles. The fourth-order valence-electron chi connectivity index (χ4n) is 6.18. The number of nitrogens with one attached hydrogen (secondary N) is 1. The number of sulfonamides is 1. The van der Waals surface area contributed by atoms with Crippen molar-refractivity contribution in [1.29, 1.82) is 0 Å². The van der Waals surface area contributed by atoms with E-state index in [0.717, 1.165) is 29.0 Å². The summed E-state index contributed by atoms with van der Waals surface area (Å²) in [5.41, 5.74) is 1.20. The number of likely N-dealkylation sites (tertiary alicyclic amines) is 1. The number of hydrogen-bond acceptors (Lipinski definition) is 10. The molecule has 2 atom stereocenters. The molecule has 1 amide bonds. The molecule has 260 valence electrons. The summed E-state index contributed by atoms with van der Waals surface area (Å²) in [5, 5.41) is 4.24. The van der Waals surface area contributed by atoms with Crippen LogP contribution in [0.2, 0.25) is 0 Å². The van der Waals surface area contributed by atoms with E-state index in [9.17, 15) is 13.2 Å². The number of halogens is 1. The Morgan fingerprint density at radius 3 is 2.59 bits per heavy atom. The SMILES string of the molecule is Cc1ccc2c(N([C@H]3CCCO3)S(C)(=O)=O)c(F)ccc2c1Oc1ncccc1-c1ccnc(NC2CCCN(C(=O)OC(C)(C)C)C2)n1. The van der Waals surface area contributed by atoms with Crippen LogP contribution in [0.5, 0.6) is 11.6 Å². The first-order valence-electron chi connectivity index (χ1n) is 16.3. The molecule has 4 aromatic rings. The summed E-state index contributed by atoms with van der Waals surface area (Å²) in [7, 11) is -3.90. The van der Waals surface area contributed by atoms with Crippen LogP contribution >= 0.6 is 0 Å². The molecule has 2 aliphatic heterocycles. The van der Waals surface area contributed by atoms with Crippen molar-refractivity contribution in [1.82, 2.24) is 19.9 Å². The van der Waals surface area contributed by atoms with Crippen molar-refractivity contribution in [2.45, 2.75) is 71.2 Å². The van der Waals surface area contributed by atoms with Gasteiger partial charge >= 0.3 is 6.09 Å². The summed E-state index contributed by atoms with van der Waals surface area (Å²) in [5.74, 6) is 0.354. The molecule has 2 aliphatic rings. The molecule has 0 radical (unpaired) electrons. The second-order valence-corrected chi connectivity index (χ2v) is 15.2. The van der Waals surface area contributed by atoms with Gasteiger partial charge in [-0.2, -0.15) is 0 Å². The number of benzene rings is 2. The molecule has 2 fully saturated rings. The van der Waals surface area contributed by atoms with Crippen molar-refractivity contribution >= 4 is 38.5 Å². The van der Waals surface area contributed by atoms with Crippen molar-refractivity contribution in [3.63, 3.8) is 0 Å². The zero-order chi connectivity index (χ0) is 34.9. The molecule has 0 saturated carbocycles. The van der Waals surface area contributed by atoms with Crippen molar-refractivity contribution in [2.75, 3.05) is 35.6 Å². The van der Waals surface area contributed by atoms with Gasteiger partial charge < -0.3 is 24.4 Å². The maximum Gasteiger partial charge on any atom is 0.410 e. The molecule has 2 aromatic carbocycles. The van der Waals surface area contributed by atoms with E-state index in [1.54, 1.807) is 47.6 Å². The number of amides is 1. The fourth-order valence-corrected chi connectivity index (χ4v) is 7.30. The molecule has 49 heavy (non-hydrogen) atoms. The highest BCUT2D eigenvalue weighted by molar-refractivity contribution is 7.92. The smallest absolute Gasteiger partial charge is 0.410 e. The lowest BCUT2D eigenvalue weighted by molar-refractivity contribution is 0.0206. The van der Waals surface area contributed by atoms with Gasteiger partial charge in [0.2, 0.25) is 21.9 Å². The van der Waals surface area contributed by atoms with Gasteiger partial charge in [-0.05, 0) is 89.3 Å². The third kappa shape index (κ3) is 7.70. The van der Waals surface area contributed by atoms with Gasteiger partial charge in [0.25, 0.3) is 0 Å². The Balaban J connectivity index is 1.30. The predicted octanol–water partition coefficient (Wildman–Crippen LogP) is 6.65. The molecule has 0 spiro atoms. The lowest BCUT2D eigenvalue weighted by Gasteiger charge is -2.34. The average molecular weight is 693 g/mol. The molecule has 1 N–H and O–H groups in total. The van der Waals surface area contributed by atoms with E-state index < -0.39 is 27.7 Å². The number of piperidine rings is 1. The zero-order valence-electron chi connectivity index (χ0n) is 28.3. The van der Waals surface area contributed by atoms with Crippen molar-refractivity contribution < 1.29 is 31.8 Å². The molecule has 0 bridgehead atoms.